The number of rotatable bonds is 4. The molecule has 9 heteroatoms. The third kappa shape index (κ3) is 3.21. The van der Waals surface area contributed by atoms with Crippen LogP contribution in [0.4, 0.5) is 0 Å². The Bertz CT molecular complexity index is 817. The summed E-state index contributed by atoms with van der Waals surface area (Å²) in [7, 11) is 0. The highest BCUT2D eigenvalue weighted by atomic mass is 35.5. The minimum absolute atomic E-state index is 0.0546. The lowest BCUT2D eigenvalue weighted by Gasteiger charge is -2.19. The van der Waals surface area contributed by atoms with Crippen molar-refractivity contribution in [2.75, 3.05) is 6.54 Å². The highest BCUT2D eigenvalue weighted by Gasteiger charge is 2.36. The maximum absolute atomic E-state index is 12.7. The van der Waals surface area contributed by atoms with Gasteiger partial charge in [0.25, 0.3) is 5.91 Å². The largest absolute Gasteiger partial charge is 0.480 e. The van der Waals surface area contributed by atoms with Gasteiger partial charge >= 0.3 is 5.97 Å². The van der Waals surface area contributed by atoms with Gasteiger partial charge in [-0.3, -0.25) is 4.79 Å². The molecule has 1 atom stereocenters. The van der Waals surface area contributed by atoms with Crippen LogP contribution in [-0.2, 0) is 11.2 Å². The van der Waals surface area contributed by atoms with E-state index in [-0.39, 0.29) is 5.82 Å². The van der Waals surface area contributed by atoms with Crippen molar-refractivity contribution in [2.24, 2.45) is 0 Å². The maximum Gasteiger partial charge on any atom is 0.326 e. The number of amides is 1. The molecule has 1 amide bonds. The van der Waals surface area contributed by atoms with E-state index in [1.807, 2.05) is 6.92 Å². The first-order chi connectivity index (χ1) is 11.9. The van der Waals surface area contributed by atoms with Crippen LogP contribution < -0.4 is 0 Å². The van der Waals surface area contributed by atoms with Crippen molar-refractivity contribution < 1.29 is 14.7 Å². The molecular weight excluding hydrogens is 367 g/mol. The van der Waals surface area contributed by atoms with Crippen LogP contribution in [0.15, 0.2) is 18.2 Å². The van der Waals surface area contributed by atoms with Crippen LogP contribution in [-0.4, -0.2) is 49.2 Å². The molecule has 7 nitrogen and oxygen atoms in total. The Hall–Kier alpha value is -2.12. The van der Waals surface area contributed by atoms with Crippen molar-refractivity contribution in [2.45, 2.75) is 32.2 Å². The number of aryl methyl sites for hydroxylation is 1. The van der Waals surface area contributed by atoms with Crippen molar-refractivity contribution in [1.29, 1.82) is 0 Å². The predicted octanol–water partition coefficient (Wildman–Crippen LogP) is 2.83. The normalized spacial score (nSPS) is 17.1. The fourth-order valence-electron chi connectivity index (χ4n) is 2.93. The van der Waals surface area contributed by atoms with Crippen LogP contribution in [0.3, 0.4) is 0 Å². The molecule has 1 aromatic carbocycles. The minimum Gasteiger partial charge on any atom is -0.480 e. The Kier molecular flexibility index (Phi) is 4.96. The quantitative estimate of drug-likeness (QED) is 0.877. The van der Waals surface area contributed by atoms with E-state index < -0.39 is 17.9 Å². The van der Waals surface area contributed by atoms with Crippen LogP contribution in [0.2, 0.25) is 10.0 Å². The number of carboxylic acids is 1. The van der Waals surface area contributed by atoms with Gasteiger partial charge in [-0.1, -0.05) is 36.2 Å². The van der Waals surface area contributed by atoms with Crippen molar-refractivity contribution in [3.8, 4) is 5.69 Å². The molecule has 3 rings (SSSR count). The van der Waals surface area contributed by atoms with Gasteiger partial charge in [0.2, 0.25) is 5.82 Å². The SMILES string of the molecule is CCc1nc(C(=O)N2CCC[C@@H]2C(=O)O)nn1-c1c(Cl)cccc1Cl. The summed E-state index contributed by atoms with van der Waals surface area (Å²) < 4.78 is 1.45. The molecule has 0 unspecified atom stereocenters. The zero-order valence-electron chi connectivity index (χ0n) is 13.4. The molecule has 0 bridgehead atoms. The number of hydrogen-bond donors (Lipinski definition) is 1. The van der Waals surface area contributed by atoms with E-state index in [0.717, 1.165) is 0 Å². The van der Waals surface area contributed by atoms with Crippen LogP contribution in [0.5, 0.6) is 0 Å². The second kappa shape index (κ2) is 7.01. The van der Waals surface area contributed by atoms with E-state index in [0.29, 0.717) is 47.4 Å². The lowest BCUT2D eigenvalue weighted by molar-refractivity contribution is -0.141. The molecule has 0 saturated carbocycles. The first kappa shape index (κ1) is 17.7. The summed E-state index contributed by atoms with van der Waals surface area (Å²) in [6.07, 6.45) is 1.57. The molecule has 0 radical (unpaired) electrons. The second-order valence-electron chi connectivity index (χ2n) is 5.68. The molecule has 0 aliphatic carbocycles. The minimum atomic E-state index is -1.02. The number of carbonyl (C=O) groups excluding carboxylic acids is 1. The van der Waals surface area contributed by atoms with E-state index >= 15 is 0 Å². The first-order valence-corrected chi connectivity index (χ1v) is 8.63. The van der Waals surface area contributed by atoms with Gasteiger partial charge in [-0.15, -0.1) is 5.10 Å². The molecule has 2 heterocycles. The first-order valence-electron chi connectivity index (χ1n) is 7.88. The van der Waals surface area contributed by atoms with Gasteiger partial charge in [0, 0.05) is 13.0 Å². The van der Waals surface area contributed by atoms with Gasteiger partial charge in [0.1, 0.15) is 17.6 Å². The number of halogens is 2. The number of carbonyl (C=O) groups is 2. The number of aromatic nitrogens is 3. The lowest BCUT2D eigenvalue weighted by Crippen LogP contribution is -2.40. The van der Waals surface area contributed by atoms with Crippen LogP contribution in [0, 0.1) is 0 Å². The molecule has 1 N–H and O–H groups in total. The van der Waals surface area contributed by atoms with Gasteiger partial charge in [-0.25, -0.2) is 14.5 Å². The topological polar surface area (TPSA) is 88.3 Å². The number of aliphatic carboxylic acids is 1. The average molecular weight is 383 g/mol. The molecule has 2 aromatic rings. The Morgan fingerprint density at radius 1 is 1.32 bits per heavy atom. The second-order valence-corrected chi connectivity index (χ2v) is 6.50. The molecule has 1 aliphatic heterocycles. The molecular formula is C16H16Cl2N4O3. The lowest BCUT2D eigenvalue weighted by atomic mass is 10.2. The smallest absolute Gasteiger partial charge is 0.326 e. The summed E-state index contributed by atoms with van der Waals surface area (Å²) in [6.45, 7) is 2.24. The monoisotopic (exact) mass is 382 g/mol. The van der Waals surface area contributed by atoms with Gasteiger partial charge in [0.15, 0.2) is 0 Å². The predicted molar refractivity (Wildman–Crippen MR) is 92.5 cm³/mol. The Balaban J connectivity index is 2.01. The molecule has 0 spiro atoms. The van der Waals surface area contributed by atoms with Crippen molar-refractivity contribution >= 4 is 35.1 Å². The zero-order valence-corrected chi connectivity index (χ0v) is 15.0. The van der Waals surface area contributed by atoms with Gasteiger partial charge < -0.3 is 10.0 Å². The number of benzene rings is 1. The summed E-state index contributed by atoms with van der Waals surface area (Å²) in [6, 6.07) is 4.22. The molecule has 1 fully saturated rings. The number of nitrogens with zero attached hydrogens (tertiary/aromatic N) is 4. The zero-order chi connectivity index (χ0) is 18.1. The van der Waals surface area contributed by atoms with Crippen molar-refractivity contribution in [3.63, 3.8) is 0 Å². The van der Waals surface area contributed by atoms with Crippen LogP contribution in [0.25, 0.3) is 5.69 Å². The highest BCUT2D eigenvalue weighted by Crippen LogP contribution is 2.29. The summed E-state index contributed by atoms with van der Waals surface area (Å²) in [4.78, 5) is 29.6. The fraction of sp³-hybridized carbons (Fsp3) is 0.375. The van der Waals surface area contributed by atoms with Gasteiger partial charge in [0.05, 0.1) is 10.0 Å². The van der Waals surface area contributed by atoms with Crippen LogP contribution >= 0.6 is 23.2 Å². The number of hydrogen-bond acceptors (Lipinski definition) is 4. The van der Waals surface area contributed by atoms with Crippen LogP contribution in [0.1, 0.15) is 36.2 Å². The third-order valence-corrected chi connectivity index (χ3v) is 4.74. The van der Waals surface area contributed by atoms with Gasteiger partial charge in [-0.2, -0.15) is 0 Å². The molecule has 132 valence electrons. The van der Waals surface area contributed by atoms with Crippen molar-refractivity contribution in [3.05, 3.63) is 39.9 Å². The summed E-state index contributed by atoms with van der Waals surface area (Å²) in [5, 5.41) is 14.3. The molecule has 1 saturated heterocycles. The molecule has 1 aliphatic rings. The van der Waals surface area contributed by atoms with E-state index in [1.54, 1.807) is 18.2 Å². The van der Waals surface area contributed by atoms with E-state index in [4.69, 9.17) is 23.2 Å². The van der Waals surface area contributed by atoms with Gasteiger partial charge in [-0.05, 0) is 25.0 Å². The molecule has 1 aromatic heterocycles. The van der Waals surface area contributed by atoms with E-state index in [1.165, 1.54) is 9.58 Å². The summed E-state index contributed by atoms with van der Waals surface area (Å²) in [5.41, 5.74) is 0.449. The highest BCUT2D eigenvalue weighted by molar-refractivity contribution is 6.37. The number of para-hydroxylation sites is 1. The Morgan fingerprint density at radius 2 is 2.00 bits per heavy atom. The Labute approximate surface area is 154 Å². The maximum atomic E-state index is 12.7. The standard InChI is InChI=1S/C16H16Cl2N4O3/c1-2-12-19-14(15(23)21-8-4-7-11(21)16(24)25)20-22(12)13-9(17)5-3-6-10(13)18/h3,5-6,11H,2,4,7-8H2,1H3,(H,24,25)/t11-/m1/s1. The average Bonchev–Trinajstić information content (AvgIpc) is 3.21. The van der Waals surface area contributed by atoms with E-state index in [9.17, 15) is 14.7 Å². The fourth-order valence-corrected chi connectivity index (χ4v) is 3.49. The summed E-state index contributed by atoms with van der Waals surface area (Å²) in [5.74, 6) is -1.05. The molecule has 25 heavy (non-hydrogen) atoms. The number of carboxylic acid groups (broad SMARTS) is 1. The Morgan fingerprint density at radius 3 is 2.60 bits per heavy atom. The van der Waals surface area contributed by atoms with Crippen molar-refractivity contribution in [1.82, 2.24) is 19.7 Å². The number of likely N-dealkylation sites (tertiary alicyclic amines) is 1. The van der Waals surface area contributed by atoms with E-state index in [2.05, 4.69) is 10.1 Å². The summed E-state index contributed by atoms with van der Waals surface area (Å²) >= 11 is 12.5. The third-order valence-electron chi connectivity index (χ3n) is 4.13.